The van der Waals surface area contributed by atoms with Gasteiger partial charge in [-0.2, -0.15) is 9.61 Å². The van der Waals surface area contributed by atoms with Crippen LogP contribution in [0.3, 0.4) is 0 Å². The van der Waals surface area contributed by atoms with Crippen molar-refractivity contribution in [3.63, 3.8) is 0 Å². The van der Waals surface area contributed by atoms with Crippen molar-refractivity contribution in [1.29, 1.82) is 0 Å². The first kappa shape index (κ1) is 15.9. The summed E-state index contributed by atoms with van der Waals surface area (Å²) in [5.74, 6) is 1.80. The number of fused-ring (bicyclic) bond motifs is 1. The number of nitrogens with one attached hydrogen (secondary N) is 1. The van der Waals surface area contributed by atoms with E-state index in [2.05, 4.69) is 55.6 Å². The Balaban J connectivity index is 1.57. The van der Waals surface area contributed by atoms with Crippen LogP contribution in [0.1, 0.15) is 17.0 Å². The maximum atomic E-state index is 5.42. The maximum absolute atomic E-state index is 5.42. The summed E-state index contributed by atoms with van der Waals surface area (Å²) in [7, 11) is 0. The van der Waals surface area contributed by atoms with Gasteiger partial charge in [0.2, 0.25) is 0 Å². The van der Waals surface area contributed by atoms with Crippen LogP contribution in [0.15, 0.2) is 57.6 Å². The summed E-state index contributed by atoms with van der Waals surface area (Å²) < 4.78 is 8.19. The number of nitrogens with zero attached hydrogens (tertiary/aromatic N) is 3. The molecule has 3 aromatic heterocycles. The van der Waals surface area contributed by atoms with E-state index in [0.29, 0.717) is 6.54 Å². The molecule has 126 valence electrons. The van der Waals surface area contributed by atoms with Crippen LogP contribution in [0, 0.1) is 13.8 Å². The number of anilines is 1. The highest BCUT2D eigenvalue weighted by Crippen LogP contribution is 2.24. The molecular formula is C19H17BrN4O. The lowest BCUT2D eigenvalue weighted by Gasteiger charge is -2.10. The second-order valence-electron chi connectivity index (χ2n) is 5.95. The molecule has 6 heteroatoms. The number of hydrogen-bond acceptors (Lipinski definition) is 4. The summed E-state index contributed by atoms with van der Waals surface area (Å²) in [6, 6.07) is 14.2. The van der Waals surface area contributed by atoms with Crippen molar-refractivity contribution in [2.24, 2.45) is 0 Å². The first-order chi connectivity index (χ1) is 12.1. The normalized spacial score (nSPS) is 11.2. The van der Waals surface area contributed by atoms with Gasteiger partial charge in [0.05, 0.1) is 16.4 Å². The van der Waals surface area contributed by atoms with Crippen LogP contribution < -0.4 is 5.32 Å². The third-order valence-corrected chi connectivity index (χ3v) is 4.98. The third-order valence-electron chi connectivity index (χ3n) is 4.05. The largest absolute Gasteiger partial charge is 0.464 e. The van der Waals surface area contributed by atoms with E-state index in [-0.39, 0.29) is 0 Å². The molecule has 0 radical (unpaired) electrons. The average molecular weight is 397 g/mol. The fourth-order valence-electron chi connectivity index (χ4n) is 2.77. The van der Waals surface area contributed by atoms with Crippen molar-refractivity contribution in [3.05, 3.63) is 70.2 Å². The van der Waals surface area contributed by atoms with E-state index < -0.39 is 0 Å². The Bertz CT molecular complexity index is 1020. The summed E-state index contributed by atoms with van der Waals surface area (Å²) in [5.41, 5.74) is 4.95. The predicted molar refractivity (Wildman–Crippen MR) is 102 cm³/mol. The van der Waals surface area contributed by atoms with Crippen LogP contribution in [-0.2, 0) is 6.54 Å². The van der Waals surface area contributed by atoms with Gasteiger partial charge in [0.15, 0.2) is 5.65 Å². The smallest absolute Gasteiger partial charge is 0.172 e. The minimum Gasteiger partial charge on any atom is -0.464 e. The van der Waals surface area contributed by atoms with E-state index in [4.69, 9.17) is 4.42 Å². The topological polar surface area (TPSA) is 55.4 Å². The Labute approximate surface area is 153 Å². The van der Waals surface area contributed by atoms with Crippen molar-refractivity contribution in [1.82, 2.24) is 14.6 Å². The van der Waals surface area contributed by atoms with E-state index in [9.17, 15) is 0 Å². The van der Waals surface area contributed by atoms with Gasteiger partial charge in [-0.3, -0.25) is 0 Å². The van der Waals surface area contributed by atoms with Gasteiger partial charge in [-0.05, 0) is 47.5 Å². The van der Waals surface area contributed by atoms with Gasteiger partial charge in [0, 0.05) is 23.9 Å². The fraction of sp³-hybridized carbons (Fsp3) is 0.158. The number of halogens is 1. The highest BCUT2D eigenvalue weighted by molar-refractivity contribution is 9.10. The second-order valence-corrected chi connectivity index (χ2v) is 6.74. The van der Waals surface area contributed by atoms with E-state index >= 15 is 0 Å². The average Bonchev–Trinajstić information content (AvgIpc) is 3.24. The van der Waals surface area contributed by atoms with Crippen molar-refractivity contribution >= 4 is 27.4 Å². The molecule has 0 aliphatic rings. The minimum absolute atomic E-state index is 0.702. The van der Waals surface area contributed by atoms with E-state index in [1.807, 2.05) is 36.6 Å². The van der Waals surface area contributed by atoms with Gasteiger partial charge in [-0.1, -0.05) is 24.3 Å². The molecule has 0 bridgehead atoms. The number of rotatable bonds is 4. The first-order valence-electron chi connectivity index (χ1n) is 8.01. The summed E-state index contributed by atoms with van der Waals surface area (Å²) in [6.07, 6.45) is 1.69. The molecular weight excluding hydrogens is 380 g/mol. The van der Waals surface area contributed by atoms with Crippen LogP contribution in [0.5, 0.6) is 0 Å². The molecule has 0 aliphatic heterocycles. The lowest BCUT2D eigenvalue weighted by Crippen LogP contribution is -2.06. The standard InChI is InChI=1S/C19H17BrN4O/c1-12-10-17(24-19(22-12)18(20)13(2)23-24)21-11-14-5-7-15(8-6-14)16-4-3-9-25-16/h3-10,21H,11H2,1-2H3. The quantitative estimate of drug-likeness (QED) is 0.528. The molecule has 0 amide bonds. The second kappa shape index (κ2) is 6.37. The minimum atomic E-state index is 0.702. The zero-order valence-electron chi connectivity index (χ0n) is 14.0. The molecule has 0 atom stereocenters. The SMILES string of the molecule is Cc1cc(NCc2ccc(-c3ccco3)cc2)n2nc(C)c(Br)c2n1. The molecule has 4 rings (SSSR count). The van der Waals surface area contributed by atoms with Gasteiger partial charge in [0.25, 0.3) is 0 Å². The predicted octanol–water partition coefficient (Wildman–Crippen LogP) is 4.98. The summed E-state index contributed by atoms with van der Waals surface area (Å²) in [6.45, 7) is 4.65. The molecule has 0 unspecified atom stereocenters. The Kier molecular flexibility index (Phi) is 4.05. The molecule has 3 heterocycles. The zero-order chi connectivity index (χ0) is 17.4. The molecule has 1 aromatic carbocycles. The molecule has 0 aliphatic carbocycles. The van der Waals surface area contributed by atoms with Crippen LogP contribution in [0.2, 0.25) is 0 Å². The Morgan fingerprint density at radius 2 is 1.96 bits per heavy atom. The highest BCUT2D eigenvalue weighted by atomic mass is 79.9. The van der Waals surface area contributed by atoms with Crippen molar-refractivity contribution < 1.29 is 4.42 Å². The van der Waals surface area contributed by atoms with Crippen molar-refractivity contribution in [3.8, 4) is 11.3 Å². The number of hydrogen-bond donors (Lipinski definition) is 1. The number of aryl methyl sites for hydroxylation is 2. The van der Waals surface area contributed by atoms with Gasteiger partial charge in [-0.15, -0.1) is 0 Å². The molecule has 0 spiro atoms. The van der Waals surface area contributed by atoms with Crippen LogP contribution in [0.4, 0.5) is 5.82 Å². The summed E-state index contributed by atoms with van der Waals surface area (Å²) in [4.78, 5) is 4.55. The number of furan rings is 1. The zero-order valence-corrected chi connectivity index (χ0v) is 15.5. The molecule has 5 nitrogen and oxygen atoms in total. The Hall–Kier alpha value is -2.60. The number of aromatic nitrogens is 3. The molecule has 25 heavy (non-hydrogen) atoms. The Morgan fingerprint density at radius 3 is 2.68 bits per heavy atom. The van der Waals surface area contributed by atoms with Gasteiger partial charge >= 0.3 is 0 Å². The third kappa shape index (κ3) is 3.05. The first-order valence-corrected chi connectivity index (χ1v) is 8.80. The molecule has 4 aromatic rings. The monoisotopic (exact) mass is 396 g/mol. The van der Waals surface area contributed by atoms with E-state index in [1.54, 1.807) is 6.26 Å². The molecule has 0 saturated heterocycles. The van der Waals surface area contributed by atoms with E-state index in [0.717, 1.165) is 38.6 Å². The fourth-order valence-corrected chi connectivity index (χ4v) is 3.10. The van der Waals surface area contributed by atoms with Crippen LogP contribution in [-0.4, -0.2) is 14.6 Å². The van der Waals surface area contributed by atoms with Crippen LogP contribution >= 0.6 is 15.9 Å². The van der Waals surface area contributed by atoms with Gasteiger partial charge in [-0.25, -0.2) is 4.98 Å². The van der Waals surface area contributed by atoms with E-state index in [1.165, 1.54) is 5.56 Å². The number of benzene rings is 1. The van der Waals surface area contributed by atoms with Crippen LogP contribution in [0.25, 0.3) is 17.0 Å². The lowest BCUT2D eigenvalue weighted by molar-refractivity contribution is 0.582. The summed E-state index contributed by atoms with van der Waals surface area (Å²) in [5, 5.41) is 8.00. The van der Waals surface area contributed by atoms with Crippen molar-refractivity contribution in [2.45, 2.75) is 20.4 Å². The molecule has 1 N–H and O–H groups in total. The lowest BCUT2D eigenvalue weighted by atomic mass is 10.1. The Morgan fingerprint density at radius 1 is 1.16 bits per heavy atom. The molecule has 0 saturated carbocycles. The van der Waals surface area contributed by atoms with Gasteiger partial charge < -0.3 is 9.73 Å². The molecule has 0 fully saturated rings. The summed E-state index contributed by atoms with van der Waals surface area (Å²) >= 11 is 3.56. The highest BCUT2D eigenvalue weighted by Gasteiger charge is 2.12. The van der Waals surface area contributed by atoms with Gasteiger partial charge in [0.1, 0.15) is 11.6 Å². The maximum Gasteiger partial charge on any atom is 0.172 e. The van der Waals surface area contributed by atoms with Crippen molar-refractivity contribution in [2.75, 3.05) is 5.32 Å².